The average Bonchev–Trinajstić information content (AvgIpc) is 2.82. The maximum atomic E-state index is 5.63. The van der Waals surface area contributed by atoms with Crippen LogP contribution in [0.4, 0.5) is 0 Å². The number of nitrogens with two attached hydrogens (primary N) is 1. The molecule has 0 atom stereocenters. The van der Waals surface area contributed by atoms with E-state index in [2.05, 4.69) is 10.1 Å². The van der Waals surface area contributed by atoms with Crippen LogP contribution in [0.3, 0.4) is 0 Å². The van der Waals surface area contributed by atoms with Crippen molar-refractivity contribution >= 4 is 5.65 Å². The van der Waals surface area contributed by atoms with Gasteiger partial charge in [-0.25, -0.2) is 9.50 Å². The summed E-state index contributed by atoms with van der Waals surface area (Å²) >= 11 is 0. The molecule has 0 fully saturated rings. The molecule has 4 nitrogen and oxygen atoms in total. The highest BCUT2D eigenvalue weighted by atomic mass is 15.3. The molecule has 2 heterocycles. The lowest BCUT2D eigenvalue weighted by Crippen LogP contribution is -1.96. The molecule has 0 bridgehead atoms. The summed E-state index contributed by atoms with van der Waals surface area (Å²) in [6, 6.07) is 13.8. The number of nitrogens with zero attached hydrogens (tertiary/aromatic N) is 3. The second-order valence-electron chi connectivity index (χ2n) is 3.84. The van der Waals surface area contributed by atoms with Crippen LogP contribution in [0, 0.1) is 0 Å². The molecule has 2 N–H and O–H groups in total. The van der Waals surface area contributed by atoms with E-state index in [0.29, 0.717) is 6.54 Å². The van der Waals surface area contributed by atoms with Gasteiger partial charge < -0.3 is 5.73 Å². The summed E-state index contributed by atoms with van der Waals surface area (Å²) in [4.78, 5) is 4.47. The van der Waals surface area contributed by atoms with Gasteiger partial charge in [0.1, 0.15) is 0 Å². The number of hydrogen-bond donors (Lipinski definition) is 1. The quantitative estimate of drug-likeness (QED) is 0.722. The molecule has 0 saturated carbocycles. The van der Waals surface area contributed by atoms with Crippen molar-refractivity contribution < 1.29 is 0 Å². The van der Waals surface area contributed by atoms with Gasteiger partial charge in [0.15, 0.2) is 11.5 Å². The first kappa shape index (κ1) is 9.99. The molecule has 17 heavy (non-hydrogen) atoms. The summed E-state index contributed by atoms with van der Waals surface area (Å²) in [5, 5.41) is 4.42. The number of pyridine rings is 1. The second-order valence-corrected chi connectivity index (χ2v) is 3.84. The van der Waals surface area contributed by atoms with Crippen LogP contribution in [0.5, 0.6) is 0 Å². The van der Waals surface area contributed by atoms with Crippen LogP contribution < -0.4 is 5.73 Å². The Morgan fingerprint density at radius 3 is 2.88 bits per heavy atom. The molecule has 84 valence electrons. The fraction of sp³-hybridized carbons (Fsp3) is 0.0769. The van der Waals surface area contributed by atoms with Crippen LogP contribution in [0.25, 0.3) is 17.0 Å². The monoisotopic (exact) mass is 224 g/mol. The maximum Gasteiger partial charge on any atom is 0.182 e. The zero-order valence-electron chi connectivity index (χ0n) is 9.24. The minimum atomic E-state index is 0.529. The number of aromatic nitrogens is 3. The molecule has 0 radical (unpaired) electrons. The summed E-state index contributed by atoms with van der Waals surface area (Å²) in [5.41, 5.74) is 8.56. The van der Waals surface area contributed by atoms with Gasteiger partial charge in [0.2, 0.25) is 0 Å². The van der Waals surface area contributed by atoms with E-state index in [1.807, 2.05) is 48.7 Å². The third-order valence-electron chi connectivity index (χ3n) is 2.66. The van der Waals surface area contributed by atoms with Crippen LogP contribution in [0.2, 0.25) is 0 Å². The summed E-state index contributed by atoms with van der Waals surface area (Å²) < 4.78 is 1.77. The van der Waals surface area contributed by atoms with Crippen molar-refractivity contribution in [2.75, 3.05) is 0 Å². The highest BCUT2D eigenvalue weighted by Crippen LogP contribution is 2.17. The standard InChI is InChI=1S/C13H12N4/c14-9-10-4-3-5-11(8-10)13-15-12-6-1-2-7-17(12)16-13/h1-8H,9,14H2. The fourth-order valence-electron chi connectivity index (χ4n) is 1.79. The Kier molecular flexibility index (Phi) is 2.34. The summed E-state index contributed by atoms with van der Waals surface area (Å²) in [6.07, 6.45) is 1.89. The van der Waals surface area contributed by atoms with Gasteiger partial charge in [0.25, 0.3) is 0 Å². The van der Waals surface area contributed by atoms with Crippen molar-refractivity contribution in [2.24, 2.45) is 5.73 Å². The Bertz CT molecular complexity index is 624. The molecule has 0 unspecified atom stereocenters. The van der Waals surface area contributed by atoms with Crippen molar-refractivity contribution in [3.05, 3.63) is 54.2 Å². The molecule has 4 heteroatoms. The first-order chi connectivity index (χ1) is 8.36. The average molecular weight is 224 g/mol. The van der Waals surface area contributed by atoms with Crippen molar-refractivity contribution in [2.45, 2.75) is 6.54 Å². The zero-order valence-corrected chi connectivity index (χ0v) is 9.24. The minimum Gasteiger partial charge on any atom is -0.326 e. The summed E-state index contributed by atoms with van der Waals surface area (Å²) in [5.74, 6) is 0.728. The first-order valence-electron chi connectivity index (χ1n) is 5.47. The Morgan fingerprint density at radius 1 is 1.12 bits per heavy atom. The van der Waals surface area contributed by atoms with Crippen molar-refractivity contribution in [3.63, 3.8) is 0 Å². The molecule has 0 amide bonds. The van der Waals surface area contributed by atoms with Gasteiger partial charge in [-0.1, -0.05) is 24.3 Å². The number of fused-ring (bicyclic) bond motifs is 1. The molecular formula is C13H12N4. The van der Waals surface area contributed by atoms with E-state index in [-0.39, 0.29) is 0 Å². The number of benzene rings is 1. The van der Waals surface area contributed by atoms with E-state index < -0.39 is 0 Å². The number of rotatable bonds is 2. The molecular weight excluding hydrogens is 212 g/mol. The first-order valence-corrected chi connectivity index (χ1v) is 5.47. The second kappa shape index (κ2) is 3.99. The smallest absolute Gasteiger partial charge is 0.182 e. The topological polar surface area (TPSA) is 56.2 Å². The van der Waals surface area contributed by atoms with Crippen molar-refractivity contribution in [1.29, 1.82) is 0 Å². The third kappa shape index (κ3) is 1.79. The maximum absolute atomic E-state index is 5.63. The normalized spacial score (nSPS) is 10.9. The lowest BCUT2D eigenvalue weighted by atomic mass is 10.1. The van der Waals surface area contributed by atoms with Crippen LogP contribution in [0.15, 0.2) is 48.7 Å². The van der Waals surface area contributed by atoms with Gasteiger partial charge in [-0.15, -0.1) is 5.10 Å². The van der Waals surface area contributed by atoms with Gasteiger partial charge in [-0.2, -0.15) is 0 Å². The lowest BCUT2D eigenvalue weighted by Gasteiger charge is -1.98. The van der Waals surface area contributed by atoms with E-state index in [4.69, 9.17) is 5.73 Å². The van der Waals surface area contributed by atoms with Crippen molar-refractivity contribution in [3.8, 4) is 11.4 Å². The van der Waals surface area contributed by atoms with Crippen LogP contribution in [-0.4, -0.2) is 14.6 Å². The van der Waals surface area contributed by atoms with Crippen molar-refractivity contribution in [1.82, 2.24) is 14.6 Å². The Morgan fingerprint density at radius 2 is 2.06 bits per heavy atom. The molecule has 0 aliphatic rings. The molecule has 1 aromatic carbocycles. The van der Waals surface area contributed by atoms with E-state index in [1.54, 1.807) is 4.52 Å². The largest absolute Gasteiger partial charge is 0.326 e. The molecule has 2 aromatic heterocycles. The Balaban J connectivity index is 2.13. The molecule has 0 aliphatic heterocycles. The highest BCUT2D eigenvalue weighted by Gasteiger charge is 2.05. The molecule has 0 saturated heterocycles. The highest BCUT2D eigenvalue weighted by molar-refractivity contribution is 5.58. The predicted octanol–water partition coefficient (Wildman–Crippen LogP) is 1.85. The number of hydrogen-bond acceptors (Lipinski definition) is 3. The van der Waals surface area contributed by atoms with Gasteiger partial charge in [-0.3, -0.25) is 0 Å². The Hall–Kier alpha value is -2.20. The van der Waals surface area contributed by atoms with Crippen LogP contribution in [-0.2, 0) is 6.54 Å². The van der Waals surface area contributed by atoms with Crippen LogP contribution >= 0.6 is 0 Å². The van der Waals surface area contributed by atoms with E-state index in [0.717, 1.165) is 22.6 Å². The predicted molar refractivity (Wildman–Crippen MR) is 66.3 cm³/mol. The van der Waals surface area contributed by atoms with E-state index in [9.17, 15) is 0 Å². The Labute approximate surface area is 98.7 Å². The van der Waals surface area contributed by atoms with E-state index in [1.165, 1.54) is 0 Å². The lowest BCUT2D eigenvalue weighted by molar-refractivity contribution is 0.965. The van der Waals surface area contributed by atoms with Gasteiger partial charge in [-0.05, 0) is 23.8 Å². The van der Waals surface area contributed by atoms with Gasteiger partial charge in [0.05, 0.1) is 0 Å². The fourth-order valence-corrected chi connectivity index (χ4v) is 1.79. The third-order valence-corrected chi connectivity index (χ3v) is 2.66. The molecule has 3 aromatic rings. The van der Waals surface area contributed by atoms with E-state index >= 15 is 0 Å². The van der Waals surface area contributed by atoms with Crippen LogP contribution in [0.1, 0.15) is 5.56 Å². The summed E-state index contributed by atoms with van der Waals surface area (Å²) in [6.45, 7) is 0.529. The van der Waals surface area contributed by atoms with Gasteiger partial charge >= 0.3 is 0 Å². The van der Waals surface area contributed by atoms with Gasteiger partial charge in [0, 0.05) is 18.3 Å². The molecule has 3 rings (SSSR count). The zero-order chi connectivity index (χ0) is 11.7. The minimum absolute atomic E-state index is 0.529. The molecule has 0 spiro atoms. The summed E-state index contributed by atoms with van der Waals surface area (Å²) in [7, 11) is 0. The molecule has 0 aliphatic carbocycles. The SMILES string of the molecule is NCc1cccc(-c2nc3ccccn3n2)c1.